The van der Waals surface area contributed by atoms with Crippen molar-refractivity contribution in [1.82, 2.24) is 0 Å². The Balaban J connectivity index is -0.0000000764. The lowest BCUT2D eigenvalue weighted by molar-refractivity contribution is 0.240. The quantitative estimate of drug-likeness (QED) is 0.459. The molecule has 0 spiro atoms. The van der Waals surface area contributed by atoms with Gasteiger partial charge < -0.3 is 0 Å². The first-order valence-electron chi connectivity index (χ1n) is 10.9. The van der Waals surface area contributed by atoms with E-state index in [9.17, 15) is 0 Å². The molecule has 26 heavy (non-hydrogen) atoms. The van der Waals surface area contributed by atoms with Gasteiger partial charge in [-0.1, -0.05) is 137 Å². The van der Waals surface area contributed by atoms with Gasteiger partial charge in [0.15, 0.2) is 0 Å². The van der Waals surface area contributed by atoms with Crippen LogP contribution < -0.4 is 0 Å². The van der Waals surface area contributed by atoms with Gasteiger partial charge in [0, 0.05) is 0 Å². The van der Waals surface area contributed by atoms with Gasteiger partial charge in [-0.3, -0.25) is 0 Å². The van der Waals surface area contributed by atoms with Crippen LogP contribution in [0.5, 0.6) is 0 Å². The number of hydrogen-bond acceptors (Lipinski definition) is 0. The second-order valence-electron chi connectivity index (χ2n) is 10.9. The monoisotopic (exact) mass is 374 g/mol. The highest BCUT2D eigenvalue weighted by Crippen LogP contribution is 2.28. The second kappa shape index (κ2) is 19.8. The molecule has 0 fully saturated rings. The van der Waals surface area contributed by atoms with E-state index in [4.69, 9.17) is 0 Å². The Morgan fingerprint density at radius 2 is 0.885 bits per heavy atom. The molecule has 0 aromatic carbocycles. The largest absolute Gasteiger partial charge is 0.0776 e. The van der Waals surface area contributed by atoms with Crippen LogP contribution in [0.2, 0.25) is 0 Å². The predicted molar refractivity (Wildman–Crippen MR) is 130 cm³/mol. The van der Waals surface area contributed by atoms with Gasteiger partial charge in [-0.05, 0) is 34.5 Å². The summed E-state index contributed by atoms with van der Waals surface area (Å²) in [6, 6.07) is 0. The molecule has 0 atom stereocenters. The molecule has 0 N–H and O–H groups in total. The topological polar surface area (TPSA) is 0 Å². The Labute approximate surface area is 172 Å². The van der Waals surface area contributed by atoms with E-state index >= 15 is 0 Å². The van der Waals surface area contributed by atoms with Gasteiger partial charge in [0.05, 0.1) is 0 Å². The minimum Gasteiger partial charge on any atom is -0.0776 e. The third-order valence-corrected chi connectivity index (χ3v) is 5.07. The third-order valence-electron chi connectivity index (χ3n) is 5.07. The molecule has 0 saturated heterocycles. The van der Waals surface area contributed by atoms with E-state index in [1.54, 1.807) is 0 Å². The lowest BCUT2D eigenvalue weighted by Crippen LogP contribution is -2.17. The summed E-state index contributed by atoms with van der Waals surface area (Å²) in [5, 5.41) is 0. The van der Waals surface area contributed by atoms with E-state index in [1.807, 2.05) is 0 Å². The lowest BCUT2D eigenvalue weighted by atomic mass is 9.79. The van der Waals surface area contributed by atoms with E-state index in [0.717, 1.165) is 23.7 Å². The fourth-order valence-electron chi connectivity index (χ4n) is 0.986. The summed E-state index contributed by atoms with van der Waals surface area (Å²) in [6.45, 7) is 36.0. The van der Waals surface area contributed by atoms with Crippen molar-refractivity contribution >= 4 is 0 Å². The van der Waals surface area contributed by atoms with Crippen molar-refractivity contribution in [3.63, 3.8) is 0 Å². The molecule has 0 aromatic rings. The third kappa shape index (κ3) is 39.2. The SMILES string of the molecule is C.CC(C)C.CC(C)C(C)(C)C.CCC(C)(C)C(C)C.CCCC(C)C. The molecule has 0 bridgehead atoms. The molecule has 0 aromatic heterocycles. The van der Waals surface area contributed by atoms with Crippen molar-refractivity contribution in [2.75, 3.05) is 0 Å². The molecule has 0 radical (unpaired) electrons. The predicted octanol–water partition coefficient (Wildman–Crippen LogP) is 10.5. The molecular weight excluding hydrogens is 312 g/mol. The molecule has 0 rings (SSSR count). The van der Waals surface area contributed by atoms with Crippen LogP contribution >= 0.6 is 0 Å². The average Bonchev–Trinajstić information content (AvgIpc) is 2.37. The lowest BCUT2D eigenvalue weighted by Gasteiger charge is -2.27. The Morgan fingerprint density at radius 3 is 0.885 bits per heavy atom. The highest BCUT2D eigenvalue weighted by atomic mass is 14.2. The first kappa shape index (κ1) is 36.8. The number of hydrogen-bond donors (Lipinski definition) is 0. The fraction of sp³-hybridized carbons (Fsp3) is 1.00. The van der Waals surface area contributed by atoms with E-state index in [0.29, 0.717) is 10.8 Å². The molecule has 0 heterocycles. The molecule has 0 aliphatic carbocycles. The van der Waals surface area contributed by atoms with Gasteiger partial charge in [-0.15, -0.1) is 0 Å². The minimum atomic E-state index is 0. The maximum atomic E-state index is 2.32. The highest BCUT2D eigenvalue weighted by Gasteiger charge is 2.18. The zero-order valence-corrected chi connectivity index (χ0v) is 21.4. The van der Waals surface area contributed by atoms with Crippen LogP contribution in [0.4, 0.5) is 0 Å². The summed E-state index contributed by atoms with van der Waals surface area (Å²) in [5.74, 6) is 3.34. The van der Waals surface area contributed by atoms with Gasteiger partial charge >= 0.3 is 0 Å². The van der Waals surface area contributed by atoms with Crippen LogP contribution in [0.3, 0.4) is 0 Å². The summed E-state index contributed by atoms with van der Waals surface area (Å²) in [6.07, 6.45) is 3.99. The summed E-state index contributed by atoms with van der Waals surface area (Å²) >= 11 is 0. The smallest absolute Gasteiger partial charge is 0.0334 e. The molecule has 0 saturated carbocycles. The van der Waals surface area contributed by atoms with Crippen molar-refractivity contribution in [2.24, 2.45) is 34.5 Å². The van der Waals surface area contributed by atoms with Gasteiger partial charge in [0.25, 0.3) is 0 Å². The van der Waals surface area contributed by atoms with Crippen molar-refractivity contribution in [3.8, 4) is 0 Å². The summed E-state index contributed by atoms with van der Waals surface area (Å²) in [5.41, 5.74) is 1.04. The summed E-state index contributed by atoms with van der Waals surface area (Å²) in [4.78, 5) is 0. The van der Waals surface area contributed by atoms with Gasteiger partial charge in [0.2, 0.25) is 0 Å². The minimum absolute atomic E-state index is 0. The molecule has 0 aliphatic rings. The Hall–Kier alpha value is 0. The van der Waals surface area contributed by atoms with Crippen molar-refractivity contribution in [2.45, 2.75) is 137 Å². The number of rotatable bonds is 4. The maximum Gasteiger partial charge on any atom is -0.0334 e. The van der Waals surface area contributed by atoms with Crippen LogP contribution in [0.15, 0.2) is 0 Å². The van der Waals surface area contributed by atoms with Crippen LogP contribution in [-0.4, -0.2) is 0 Å². The van der Waals surface area contributed by atoms with E-state index in [-0.39, 0.29) is 7.43 Å². The van der Waals surface area contributed by atoms with Crippen molar-refractivity contribution in [1.29, 1.82) is 0 Å². The zero-order valence-electron chi connectivity index (χ0n) is 21.4. The summed E-state index contributed by atoms with van der Waals surface area (Å²) in [7, 11) is 0. The Morgan fingerprint density at radius 1 is 0.615 bits per heavy atom. The molecule has 0 aliphatic heterocycles. The fourth-order valence-corrected chi connectivity index (χ4v) is 0.986. The molecule has 0 unspecified atom stereocenters. The standard InChI is InChI=1S/C8H18.C7H16.C6H14.C4H10.CH4/c1-6-8(4,5)7(2)3;1-6(2)7(3,4)5;1-4-5-6(2)3;1-4(2)3;/h7H,6H2,1-5H3;6H,1-5H3;6H,4-5H2,1-3H3;4H,1-3H3;1H4. The van der Waals surface area contributed by atoms with Crippen LogP contribution in [0, 0.1) is 34.5 Å². The first-order valence-corrected chi connectivity index (χ1v) is 10.9. The molecular formula is C26H62. The average molecular weight is 375 g/mol. The zero-order chi connectivity index (χ0) is 21.4. The first-order chi connectivity index (χ1) is 10.9. The normalized spacial score (nSPS) is 11.1. The second-order valence-corrected chi connectivity index (χ2v) is 10.9. The van der Waals surface area contributed by atoms with E-state index in [1.165, 1.54) is 19.3 Å². The van der Waals surface area contributed by atoms with Crippen LogP contribution in [0.1, 0.15) is 137 Å². The molecule has 166 valence electrons. The molecule has 0 heteroatoms. The van der Waals surface area contributed by atoms with Gasteiger partial charge in [-0.2, -0.15) is 0 Å². The molecule has 0 amide bonds. The van der Waals surface area contributed by atoms with Crippen LogP contribution in [-0.2, 0) is 0 Å². The van der Waals surface area contributed by atoms with Crippen LogP contribution in [0.25, 0.3) is 0 Å². The maximum absolute atomic E-state index is 2.32. The Bertz CT molecular complexity index is 232. The Kier molecular flexibility index (Phi) is 28.0. The molecule has 0 nitrogen and oxygen atoms in total. The highest BCUT2D eigenvalue weighted by molar-refractivity contribution is 4.69. The summed E-state index contributed by atoms with van der Waals surface area (Å²) < 4.78 is 0. The van der Waals surface area contributed by atoms with Gasteiger partial charge in [0.1, 0.15) is 0 Å². The van der Waals surface area contributed by atoms with Crippen molar-refractivity contribution in [3.05, 3.63) is 0 Å². The van der Waals surface area contributed by atoms with Gasteiger partial charge in [-0.25, -0.2) is 0 Å². The van der Waals surface area contributed by atoms with Crippen molar-refractivity contribution < 1.29 is 0 Å². The van der Waals surface area contributed by atoms with E-state index < -0.39 is 0 Å². The van der Waals surface area contributed by atoms with E-state index in [2.05, 4.69) is 111 Å².